The van der Waals surface area contributed by atoms with Crippen molar-refractivity contribution in [2.75, 3.05) is 23.4 Å². The lowest BCUT2D eigenvalue weighted by Gasteiger charge is -2.20. The molecule has 0 aliphatic heterocycles. The van der Waals surface area contributed by atoms with E-state index in [0.717, 1.165) is 31.2 Å². The molecule has 0 spiro atoms. The van der Waals surface area contributed by atoms with Crippen LogP contribution in [0.5, 0.6) is 0 Å². The number of hydrogen-bond donors (Lipinski definition) is 2. The smallest absolute Gasteiger partial charge is 0.227 e. The van der Waals surface area contributed by atoms with E-state index in [-0.39, 0.29) is 0 Å². The Balaban J connectivity index is 3.03. The van der Waals surface area contributed by atoms with Crippen LogP contribution in [0.1, 0.15) is 33.4 Å². The van der Waals surface area contributed by atoms with Crippen LogP contribution in [-0.4, -0.2) is 23.1 Å². The quantitative estimate of drug-likeness (QED) is 0.583. The predicted octanol–water partition coefficient (Wildman–Crippen LogP) is 1.81. The zero-order valence-corrected chi connectivity index (χ0v) is 11.2. The third kappa shape index (κ3) is 3.85. The molecule has 1 aromatic rings. The second-order valence-corrected chi connectivity index (χ2v) is 4.46. The van der Waals surface area contributed by atoms with Gasteiger partial charge in [0.1, 0.15) is 5.82 Å². The van der Waals surface area contributed by atoms with Crippen molar-refractivity contribution in [3.8, 4) is 0 Å². The van der Waals surface area contributed by atoms with Crippen LogP contribution in [0.25, 0.3) is 0 Å². The van der Waals surface area contributed by atoms with Crippen LogP contribution in [0.2, 0.25) is 0 Å². The number of hydrogen-bond acceptors (Lipinski definition) is 5. The van der Waals surface area contributed by atoms with Crippen molar-refractivity contribution < 1.29 is 0 Å². The molecule has 0 bridgehead atoms. The molecule has 0 radical (unpaired) electrons. The zero-order valence-electron chi connectivity index (χ0n) is 11.2. The van der Waals surface area contributed by atoms with Gasteiger partial charge in [0.05, 0.1) is 0 Å². The molecule has 0 amide bonds. The zero-order chi connectivity index (χ0) is 12.8. The minimum absolute atomic E-state index is 0.570. The molecule has 5 heteroatoms. The molecule has 0 saturated carbocycles. The van der Waals surface area contributed by atoms with Crippen molar-refractivity contribution >= 4 is 11.8 Å². The fourth-order valence-electron chi connectivity index (χ4n) is 1.73. The molecule has 0 aliphatic rings. The third-order valence-corrected chi connectivity index (χ3v) is 2.58. The molecule has 0 fully saturated rings. The van der Waals surface area contributed by atoms with Gasteiger partial charge in [0.2, 0.25) is 5.95 Å². The number of aromatic nitrogens is 2. The molecular weight excluding hydrogens is 214 g/mol. The molecule has 1 rings (SSSR count). The van der Waals surface area contributed by atoms with E-state index >= 15 is 0 Å². The first-order valence-corrected chi connectivity index (χ1v) is 6.20. The number of hydrazine groups is 1. The number of nitrogens with two attached hydrogens (primary N) is 1. The Morgan fingerprint density at radius 1 is 1.29 bits per heavy atom. The van der Waals surface area contributed by atoms with Crippen LogP contribution in [0.15, 0.2) is 6.07 Å². The van der Waals surface area contributed by atoms with Gasteiger partial charge in [0.15, 0.2) is 0 Å². The molecule has 1 heterocycles. The van der Waals surface area contributed by atoms with E-state index in [0.29, 0.717) is 11.7 Å². The van der Waals surface area contributed by atoms with Crippen molar-refractivity contribution in [3.63, 3.8) is 0 Å². The van der Waals surface area contributed by atoms with Crippen molar-refractivity contribution in [3.05, 3.63) is 11.8 Å². The van der Waals surface area contributed by atoms with Crippen molar-refractivity contribution in [2.45, 2.75) is 34.1 Å². The average molecular weight is 237 g/mol. The summed E-state index contributed by atoms with van der Waals surface area (Å²) in [7, 11) is 0. The van der Waals surface area contributed by atoms with Gasteiger partial charge >= 0.3 is 0 Å². The van der Waals surface area contributed by atoms with Crippen molar-refractivity contribution in [1.29, 1.82) is 0 Å². The van der Waals surface area contributed by atoms with E-state index in [1.54, 1.807) is 0 Å². The Kier molecular flexibility index (Phi) is 5.15. The number of nitrogen functional groups attached to an aromatic ring is 1. The largest absolute Gasteiger partial charge is 0.341 e. The minimum atomic E-state index is 0.570. The first-order chi connectivity index (χ1) is 8.10. The van der Waals surface area contributed by atoms with E-state index in [2.05, 4.69) is 48.0 Å². The molecule has 0 saturated heterocycles. The molecule has 0 aliphatic carbocycles. The molecule has 0 atom stereocenters. The van der Waals surface area contributed by atoms with E-state index in [4.69, 9.17) is 5.84 Å². The summed E-state index contributed by atoms with van der Waals surface area (Å²) in [6.07, 6.45) is 0.936. The van der Waals surface area contributed by atoms with E-state index in [1.807, 2.05) is 6.07 Å². The first kappa shape index (κ1) is 13.7. The van der Waals surface area contributed by atoms with Gasteiger partial charge < -0.3 is 10.3 Å². The van der Waals surface area contributed by atoms with Crippen LogP contribution < -0.4 is 16.2 Å². The highest BCUT2D eigenvalue weighted by molar-refractivity contribution is 5.43. The van der Waals surface area contributed by atoms with Crippen LogP contribution >= 0.6 is 0 Å². The molecule has 3 N–H and O–H groups in total. The molecule has 17 heavy (non-hydrogen) atoms. The SMILES string of the molecule is CCN(CC)c1nc(CC(C)C)cc(NN)n1. The summed E-state index contributed by atoms with van der Waals surface area (Å²) in [5, 5.41) is 0. The second-order valence-electron chi connectivity index (χ2n) is 4.46. The highest BCUT2D eigenvalue weighted by atomic mass is 15.3. The first-order valence-electron chi connectivity index (χ1n) is 6.20. The Hall–Kier alpha value is -1.36. The Morgan fingerprint density at radius 3 is 2.41 bits per heavy atom. The lowest BCUT2D eigenvalue weighted by Crippen LogP contribution is -2.25. The maximum Gasteiger partial charge on any atom is 0.227 e. The summed E-state index contributed by atoms with van der Waals surface area (Å²) in [6, 6.07) is 1.91. The minimum Gasteiger partial charge on any atom is -0.341 e. The van der Waals surface area contributed by atoms with E-state index in [9.17, 15) is 0 Å². The highest BCUT2D eigenvalue weighted by Gasteiger charge is 2.10. The Bertz CT molecular complexity index is 347. The molecule has 1 aromatic heterocycles. The highest BCUT2D eigenvalue weighted by Crippen LogP contribution is 2.15. The van der Waals surface area contributed by atoms with Gasteiger partial charge in [0.25, 0.3) is 0 Å². The summed E-state index contributed by atoms with van der Waals surface area (Å²) in [6.45, 7) is 10.3. The normalized spacial score (nSPS) is 10.7. The molecule has 0 aromatic carbocycles. The average Bonchev–Trinajstić information content (AvgIpc) is 2.29. The van der Waals surface area contributed by atoms with Crippen molar-refractivity contribution in [1.82, 2.24) is 9.97 Å². The van der Waals surface area contributed by atoms with E-state index in [1.165, 1.54) is 0 Å². The Morgan fingerprint density at radius 2 is 1.94 bits per heavy atom. The van der Waals surface area contributed by atoms with Gasteiger partial charge in [-0.15, -0.1) is 0 Å². The summed E-state index contributed by atoms with van der Waals surface area (Å²) >= 11 is 0. The summed E-state index contributed by atoms with van der Waals surface area (Å²) < 4.78 is 0. The fraction of sp³-hybridized carbons (Fsp3) is 0.667. The second kappa shape index (κ2) is 6.39. The molecular formula is C12H23N5. The van der Waals surface area contributed by atoms with Crippen LogP contribution in [0.3, 0.4) is 0 Å². The standard InChI is InChI=1S/C12H23N5/c1-5-17(6-2)12-14-10(7-9(3)4)8-11(15-12)16-13/h8-9H,5-7,13H2,1-4H3,(H,14,15,16). The molecule has 5 nitrogen and oxygen atoms in total. The number of rotatable bonds is 6. The maximum absolute atomic E-state index is 5.44. The Labute approximate surface area is 103 Å². The monoisotopic (exact) mass is 237 g/mol. The maximum atomic E-state index is 5.44. The van der Waals surface area contributed by atoms with Gasteiger partial charge in [-0.05, 0) is 26.2 Å². The summed E-state index contributed by atoms with van der Waals surface area (Å²) in [4.78, 5) is 11.1. The van der Waals surface area contributed by atoms with E-state index < -0.39 is 0 Å². The van der Waals surface area contributed by atoms with Gasteiger partial charge in [-0.2, -0.15) is 4.98 Å². The molecule has 96 valence electrons. The van der Waals surface area contributed by atoms with Gasteiger partial charge in [-0.3, -0.25) is 0 Å². The van der Waals surface area contributed by atoms with Gasteiger partial charge in [-0.25, -0.2) is 10.8 Å². The number of nitrogens with zero attached hydrogens (tertiary/aromatic N) is 3. The van der Waals surface area contributed by atoms with Crippen molar-refractivity contribution in [2.24, 2.45) is 11.8 Å². The van der Waals surface area contributed by atoms with Crippen LogP contribution in [0, 0.1) is 5.92 Å². The fourth-order valence-corrected chi connectivity index (χ4v) is 1.73. The molecule has 0 unspecified atom stereocenters. The summed E-state index contributed by atoms with van der Waals surface area (Å²) in [5.41, 5.74) is 3.64. The lowest BCUT2D eigenvalue weighted by molar-refractivity contribution is 0.632. The topological polar surface area (TPSA) is 67.1 Å². The van der Waals surface area contributed by atoms with Crippen LogP contribution in [0.4, 0.5) is 11.8 Å². The number of anilines is 2. The van der Waals surface area contributed by atoms with Crippen LogP contribution in [-0.2, 0) is 6.42 Å². The summed E-state index contributed by atoms with van der Waals surface area (Å²) in [5.74, 6) is 7.44. The number of nitrogens with one attached hydrogen (secondary N) is 1. The predicted molar refractivity (Wildman–Crippen MR) is 71.9 cm³/mol. The van der Waals surface area contributed by atoms with Gasteiger partial charge in [-0.1, -0.05) is 13.8 Å². The lowest BCUT2D eigenvalue weighted by atomic mass is 10.1. The third-order valence-electron chi connectivity index (χ3n) is 2.58. The van der Waals surface area contributed by atoms with Gasteiger partial charge in [0, 0.05) is 24.8 Å².